The zero-order chi connectivity index (χ0) is 13.7. The lowest BCUT2D eigenvalue weighted by molar-refractivity contribution is 0.0600. The van der Waals surface area contributed by atoms with E-state index in [1.165, 1.54) is 7.11 Å². The van der Waals surface area contributed by atoms with Crippen LogP contribution in [0.1, 0.15) is 27.6 Å². The van der Waals surface area contributed by atoms with Gasteiger partial charge in [-0.1, -0.05) is 42.5 Å². The van der Waals surface area contributed by atoms with Crippen molar-refractivity contribution in [1.82, 2.24) is 0 Å². The van der Waals surface area contributed by atoms with E-state index in [4.69, 9.17) is 9.47 Å². The molecule has 0 aliphatic carbocycles. The number of methoxy groups -OCH3 is 2. The number of benzene rings is 2. The SMILES string of the molecule is COC(=O)c1cccc([C@@H](OC)c2ccccc2)c1. The van der Waals surface area contributed by atoms with Gasteiger partial charge in [-0.05, 0) is 23.3 Å². The van der Waals surface area contributed by atoms with E-state index in [-0.39, 0.29) is 12.1 Å². The number of ether oxygens (including phenoxy) is 2. The van der Waals surface area contributed by atoms with Gasteiger partial charge < -0.3 is 9.47 Å². The number of carbonyl (C=O) groups is 1. The third-order valence-electron chi connectivity index (χ3n) is 2.95. The summed E-state index contributed by atoms with van der Waals surface area (Å²) in [6, 6.07) is 17.2. The van der Waals surface area contributed by atoms with Gasteiger partial charge in [-0.15, -0.1) is 0 Å². The van der Waals surface area contributed by atoms with Gasteiger partial charge in [0.2, 0.25) is 0 Å². The fourth-order valence-corrected chi connectivity index (χ4v) is 2.04. The van der Waals surface area contributed by atoms with Gasteiger partial charge in [0, 0.05) is 7.11 Å². The second-order valence-electron chi connectivity index (χ2n) is 4.14. The molecule has 0 unspecified atom stereocenters. The van der Waals surface area contributed by atoms with Crippen molar-refractivity contribution in [3.05, 3.63) is 71.3 Å². The Morgan fingerprint density at radius 1 is 0.947 bits per heavy atom. The molecule has 0 fully saturated rings. The molecule has 2 aromatic rings. The summed E-state index contributed by atoms with van der Waals surface area (Å²) in [6.07, 6.45) is -0.189. The molecular weight excluding hydrogens is 240 g/mol. The van der Waals surface area contributed by atoms with E-state index in [1.807, 2.05) is 42.5 Å². The Hall–Kier alpha value is -2.13. The predicted octanol–water partition coefficient (Wildman–Crippen LogP) is 3.21. The highest BCUT2D eigenvalue weighted by Gasteiger charge is 2.15. The second-order valence-corrected chi connectivity index (χ2v) is 4.14. The molecule has 2 aromatic carbocycles. The minimum atomic E-state index is -0.343. The average molecular weight is 256 g/mol. The first-order valence-electron chi connectivity index (χ1n) is 6.02. The molecule has 0 aliphatic heterocycles. The van der Waals surface area contributed by atoms with Crippen molar-refractivity contribution >= 4 is 5.97 Å². The normalized spacial score (nSPS) is 11.9. The zero-order valence-electron chi connectivity index (χ0n) is 11.0. The van der Waals surface area contributed by atoms with E-state index in [9.17, 15) is 4.79 Å². The lowest BCUT2D eigenvalue weighted by Gasteiger charge is -2.16. The van der Waals surface area contributed by atoms with Crippen molar-refractivity contribution < 1.29 is 14.3 Å². The first kappa shape index (κ1) is 13.3. The smallest absolute Gasteiger partial charge is 0.337 e. The molecule has 0 aromatic heterocycles. The fourth-order valence-electron chi connectivity index (χ4n) is 2.04. The summed E-state index contributed by atoms with van der Waals surface area (Å²) in [6.45, 7) is 0. The van der Waals surface area contributed by atoms with Gasteiger partial charge in [-0.2, -0.15) is 0 Å². The Bertz CT molecular complexity index is 549. The molecule has 19 heavy (non-hydrogen) atoms. The van der Waals surface area contributed by atoms with E-state index >= 15 is 0 Å². The number of hydrogen-bond donors (Lipinski definition) is 0. The monoisotopic (exact) mass is 256 g/mol. The summed E-state index contributed by atoms with van der Waals surface area (Å²) in [5, 5.41) is 0. The molecule has 0 aliphatic rings. The Labute approximate surface area is 112 Å². The molecule has 0 bridgehead atoms. The minimum absolute atomic E-state index is 0.189. The van der Waals surface area contributed by atoms with Crippen LogP contribution in [0.25, 0.3) is 0 Å². The summed E-state index contributed by atoms with van der Waals surface area (Å²) in [4.78, 5) is 11.6. The van der Waals surface area contributed by atoms with Crippen LogP contribution in [0, 0.1) is 0 Å². The van der Waals surface area contributed by atoms with E-state index < -0.39 is 0 Å². The van der Waals surface area contributed by atoms with Crippen LogP contribution in [-0.2, 0) is 9.47 Å². The first-order chi connectivity index (χ1) is 9.26. The summed E-state index contributed by atoms with van der Waals surface area (Å²) in [7, 11) is 3.03. The van der Waals surface area contributed by atoms with E-state index in [0.717, 1.165) is 11.1 Å². The van der Waals surface area contributed by atoms with Crippen LogP contribution in [0.4, 0.5) is 0 Å². The molecule has 0 amide bonds. The van der Waals surface area contributed by atoms with Crippen molar-refractivity contribution in [3.63, 3.8) is 0 Å². The maximum absolute atomic E-state index is 11.6. The molecule has 98 valence electrons. The molecule has 2 rings (SSSR count). The van der Waals surface area contributed by atoms with Crippen LogP contribution in [-0.4, -0.2) is 20.2 Å². The van der Waals surface area contributed by atoms with E-state index in [2.05, 4.69) is 0 Å². The highest BCUT2D eigenvalue weighted by molar-refractivity contribution is 5.89. The summed E-state index contributed by atoms with van der Waals surface area (Å²) in [5.74, 6) is -0.343. The molecule has 1 atom stereocenters. The van der Waals surface area contributed by atoms with E-state index in [0.29, 0.717) is 5.56 Å². The van der Waals surface area contributed by atoms with Crippen molar-refractivity contribution in [3.8, 4) is 0 Å². The average Bonchev–Trinajstić information content (AvgIpc) is 2.48. The van der Waals surface area contributed by atoms with Crippen molar-refractivity contribution in [2.45, 2.75) is 6.10 Å². The molecule has 0 saturated heterocycles. The van der Waals surface area contributed by atoms with Gasteiger partial charge in [0.25, 0.3) is 0 Å². The second kappa shape index (κ2) is 6.16. The number of esters is 1. The summed E-state index contributed by atoms with van der Waals surface area (Å²) < 4.78 is 10.3. The van der Waals surface area contributed by atoms with Gasteiger partial charge in [-0.25, -0.2) is 4.79 Å². The Morgan fingerprint density at radius 3 is 2.26 bits per heavy atom. The standard InChI is InChI=1S/C16H16O3/c1-18-15(12-7-4-3-5-8-12)13-9-6-10-14(11-13)16(17)19-2/h3-11,15H,1-2H3/t15-/m0/s1. The van der Waals surface area contributed by atoms with Gasteiger partial charge in [0.1, 0.15) is 6.10 Å². The van der Waals surface area contributed by atoms with Gasteiger partial charge >= 0.3 is 5.97 Å². The van der Waals surface area contributed by atoms with Crippen LogP contribution in [0.15, 0.2) is 54.6 Å². The molecule has 0 spiro atoms. The highest BCUT2D eigenvalue weighted by Crippen LogP contribution is 2.25. The van der Waals surface area contributed by atoms with Crippen molar-refractivity contribution in [1.29, 1.82) is 0 Å². The molecule has 3 nitrogen and oxygen atoms in total. The maximum Gasteiger partial charge on any atom is 0.337 e. The van der Waals surface area contributed by atoms with Crippen LogP contribution >= 0.6 is 0 Å². The number of rotatable bonds is 4. The molecule has 0 radical (unpaired) electrons. The minimum Gasteiger partial charge on any atom is -0.465 e. The van der Waals surface area contributed by atoms with Gasteiger partial charge in [-0.3, -0.25) is 0 Å². The molecule has 0 heterocycles. The zero-order valence-corrected chi connectivity index (χ0v) is 11.0. The lowest BCUT2D eigenvalue weighted by Crippen LogP contribution is -2.06. The van der Waals surface area contributed by atoms with Gasteiger partial charge in [0.05, 0.1) is 12.7 Å². The number of carbonyl (C=O) groups excluding carboxylic acids is 1. The third kappa shape index (κ3) is 3.01. The van der Waals surface area contributed by atoms with Crippen LogP contribution < -0.4 is 0 Å². The Balaban J connectivity index is 2.36. The van der Waals surface area contributed by atoms with Crippen molar-refractivity contribution in [2.75, 3.05) is 14.2 Å². The summed E-state index contributed by atoms with van der Waals surface area (Å²) >= 11 is 0. The largest absolute Gasteiger partial charge is 0.465 e. The predicted molar refractivity (Wildman–Crippen MR) is 73.1 cm³/mol. The Morgan fingerprint density at radius 2 is 1.63 bits per heavy atom. The van der Waals surface area contributed by atoms with Crippen LogP contribution in [0.3, 0.4) is 0 Å². The maximum atomic E-state index is 11.6. The molecular formula is C16H16O3. The first-order valence-corrected chi connectivity index (χ1v) is 6.02. The lowest BCUT2D eigenvalue weighted by atomic mass is 9.99. The quantitative estimate of drug-likeness (QED) is 0.788. The topological polar surface area (TPSA) is 35.5 Å². The molecule has 0 saturated carbocycles. The molecule has 3 heteroatoms. The fraction of sp³-hybridized carbons (Fsp3) is 0.188. The highest BCUT2D eigenvalue weighted by atomic mass is 16.5. The summed E-state index contributed by atoms with van der Waals surface area (Å²) in [5.41, 5.74) is 2.50. The van der Waals surface area contributed by atoms with Crippen LogP contribution in [0.2, 0.25) is 0 Å². The third-order valence-corrected chi connectivity index (χ3v) is 2.95. The van der Waals surface area contributed by atoms with Crippen molar-refractivity contribution in [2.24, 2.45) is 0 Å². The number of hydrogen-bond acceptors (Lipinski definition) is 3. The van der Waals surface area contributed by atoms with Gasteiger partial charge in [0.15, 0.2) is 0 Å². The Kier molecular flexibility index (Phi) is 4.31. The molecule has 0 N–H and O–H groups in total. The van der Waals surface area contributed by atoms with Crippen LogP contribution in [0.5, 0.6) is 0 Å². The van der Waals surface area contributed by atoms with E-state index in [1.54, 1.807) is 19.2 Å².